The fraction of sp³-hybridized carbons (Fsp3) is 0.286. The van der Waals surface area contributed by atoms with E-state index in [1.54, 1.807) is 30.6 Å². The van der Waals surface area contributed by atoms with E-state index in [1.807, 2.05) is 0 Å². The van der Waals surface area contributed by atoms with Gasteiger partial charge in [0, 0.05) is 5.56 Å². The second-order valence-electron chi connectivity index (χ2n) is 4.46. The monoisotopic (exact) mass is 243 g/mol. The van der Waals surface area contributed by atoms with Crippen molar-refractivity contribution in [3.05, 3.63) is 48.2 Å². The molecule has 0 aliphatic carbocycles. The van der Waals surface area contributed by atoms with Gasteiger partial charge in [-0.25, -0.2) is 4.39 Å². The van der Waals surface area contributed by atoms with E-state index in [2.05, 4.69) is 15.3 Å². The molecule has 18 heavy (non-hydrogen) atoms. The number of rotatable bonds is 2. The third-order valence-electron chi connectivity index (χ3n) is 3.24. The third kappa shape index (κ3) is 2.11. The second kappa shape index (κ2) is 4.82. The van der Waals surface area contributed by atoms with E-state index >= 15 is 0 Å². The van der Waals surface area contributed by atoms with E-state index in [4.69, 9.17) is 0 Å². The molecule has 0 spiro atoms. The first kappa shape index (κ1) is 11.3. The number of nitrogens with one attached hydrogen (secondary N) is 1. The summed E-state index contributed by atoms with van der Waals surface area (Å²) in [5.41, 5.74) is 2.01. The number of aromatic nitrogens is 2. The maximum atomic E-state index is 13.6. The Bertz CT molecular complexity index is 533. The molecule has 0 radical (unpaired) electrons. The minimum Gasteiger partial charge on any atom is -0.309 e. The molecule has 1 fully saturated rings. The van der Waals surface area contributed by atoms with Gasteiger partial charge < -0.3 is 5.32 Å². The van der Waals surface area contributed by atoms with Crippen molar-refractivity contribution in [2.45, 2.75) is 18.9 Å². The average molecular weight is 243 g/mol. The van der Waals surface area contributed by atoms with Crippen molar-refractivity contribution in [3.8, 4) is 11.3 Å². The van der Waals surface area contributed by atoms with Crippen molar-refractivity contribution in [2.75, 3.05) is 6.54 Å². The van der Waals surface area contributed by atoms with E-state index in [0.29, 0.717) is 17.3 Å². The molecule has 1 aliphatic rings. The summed E-state index contributed by atoms with van der Waals surface area (Å²) in [4.78, 5) is 8.70. The van der Waals surface area contributed by atoms with E-state index in [9.17, 15) is 4.39 Å². The molecule has 0 amide bonds. The lowest BCUT2D eigenvalue weighted by Crippen LogP contribution is -2.14. The zero-order chi connectivity index (χ0) is 12.4. The number of hydrogen-bond acceptors (Lipinski definition) is 3. The van der Waals surface area contributed by atoms with Crippen molar-refractivity contribution in [1.82, 2.24) is 15.3 Å². The molecule has 3 nitrogen and oxygen atoms in total. The van der Waals surface area contributed by atoms with Crippen LogP contribution in [0.15, 0.2) is 36.7 Å². The van der Waals surface area contributed by atoms with Crippen LogP contribution in [0.3, 0.4) is 0 Å². The van der Waals surface area contributed by atoms with Crippen molar-refractivity contribution in [3.63, 3.8) is 0 Å². The Balaban J connectivity index is 1.89. The molecule has 1 atom stereocenters. The van der Waals surface area contributed by atoms with Crippen molar-refractivity contribution in [2.24, 2.45) is 0 Å². The summed E-state index contributed by atoms with van der Waals surface area (Å²) in [6, 6.07) is 6.92. The summed E-state index contributed by atoms with van der Waals surface area (Å²) in [7, 11) is 0. The standard InChI is InChI=1S/C14H14FN3/c15-11-5-2-1-4-10(11)13-8-18-14(9-17-13)12-6-3-7-16-12/h1-2,4-5,8-9,12,16H,3,6-7H2. The smallest absolute Gasteiger partial charge is 0.132 e. The Hall–Kier alpha value is -1.81. The van der Waals surface area contributed by atoms with Crippen LogP contribution < -0.4 is 5.32 Å². The van der Waals surface area contributed by atoms with Gasteiger partial charge in [-0.3, -0.25) is 9.97 Å². The molecule has 1 N–H and O–H groups in total. The van der Waals surface area contributed by atoms with Gasteiger partial charge in [0.1, 0.15) is 5.82 Å². The second-order valence-corrected chi connectivity index (χ2v) is 4.46. The van der Waals surface area contributed by atoms with Gasteiger partial charge in [0.15, 0.2) is 0 Å². The Morgan fingerprint density at radius 2 is 2.06 bits per heavy atom. The van der Waals surface area contributed by atoms with Gasteiger partial charge in [0.05, 0.1) is 29.8 Å². The molecular weight excluding hydrogens is 229 g/mol. The molecular formula is C14H14FN3. The molecule has 1 aromatic heterocycles. The lowest BCUT2D eigenvalue weighted by atomic mass is 10.1. The van der Waals surface area contributed by atoms with Crippen LogP contribution in [0.1, 0.15) is 24.6 Å². The largest absolute Gasteiger partial charge is 0.309 e. The summed E-state index contributed by atoms with van der Waals surface area (Å²) in [6.07, 6.45) is 5.65. The van der Waals surface area contributed by atoms with E-state index in [0.717, 1.165) is 18.7 Å². The van der Waals surface area contributed by atoms with Crippen LogP contribution in [0, 0.1) is 5.82 Å². The minimum atomic E-state index is -0.265. The SMILES string of the molecule is Fc1ccccc1-c1cnc(C2CCCN2)cn1. The highest BCUT2D eigenvalue weighted by Gasteiger charge is 2.17. The molecule has 2 heterocycles. The fourth-order valence-electron chi connectivity index (χ4n) is 2.26. The zero-order valence-electron chi connectivity index (χ0n) is 9.94. The van der Waals surface area contributed by atoms with Crippen LogP contribution in [0.25, 0.3) is 11.3 Å². The van der Waals surface area contributed by atoms with Gasteiger partial charge in [0.2, 0.25) is 0 Å². The molecule has 1 aliphatic heterocycles. The van der Waals surface area contributed by atoms with Crippen LogP contribution in [-0.4, -0.2) is 16.5 Å². The van der Waals surface area contributed by atoms with E-state index < -0.39 is 0 Å². The maximum absolute atomic E-state index is 13.6. The first-order valence-electron chi connectivity index (χ1n) is 6.15. The lowest BCUT2D eigenvalue weighted by molar-refractivity contribution is 0.622. The first-order chi connectivity index (χ1) is 8.84. The van der Waals surface area contributed by atoms with E-state index in [1.165, 1.54) is 12.5 Å². The molecule has 1 aromatic carbocycles. The average Bonchev–Trinajstić information content (AvgIpc) is 2.94. The first-order valence-corrected chi connectivity index (χ1v) is 6.15. The predicted molar refractivity (Wildman–Crippen MR) is 67.4 cm³/mol. The number of halogens is 1. The fourth-order valence-corrected chi connectivity index (χ4v) is 2.26. The molecule has 0 saturated carbocycles. The Kier molecular flexibility index (Phi) is 3.02. The highest BCUT2D eigenvalue weighted by molar-refractivity contribution is 5.58. The Morgan fingerprint density at radius 3 is 2.72 bits per heavy atom. The summed E-state index contributed by atoms with van der Waals surface area (Å²) in [5, 5.41) is 3.37. The Labute approximate surface area is 105 Å². The van der Waals surface area contributed by atoms with Gasteiger partial charge >= 0.3 is 0 Å². The molecule has 4 heteroatoms. The summed E-state index contributed by atoms with van der Waals surface area (Å²) < 4.78 is 13.6. The molecule has 1 unspecified atom stereocenters. The predicted octanol–water partition coefficient (Wildman–Crippen LogP) is 2.71. The Morgan fingerprint density at radius 1 is 1.17 bits per heavy atom. The highest BCUT2D eigenvalue weighted by atomic mass is 19.1. The lowest BCUT2D eigenvalue weighted by Gasteiger charge is -2.09. The van der Waals surface area contributed by atoms with Gasteiger partial charge in [-0.2, -0.15) is 0 Å². The quantitative estimate of drug-likeness (QED) is 0.881. The van der Waals surface area contributed by atoms with Gasteiger partial charge in [-0.15, -0.1) is 0 Å². The van der Waals surface area contributed by atoms with Crippen LogP contribution >= 0.6 is 0 Å². The molecule has 2 aromatic rings. The summed E-state index contributed by atoms with van der Waals surface area (Å²) in [5.74, 6) is -0.265. The van der Waals surface area contributed by atoms with Crippen molar-refractivity contribution >= 4 is 0 Å². The normalized spacial score (nSPS) is 19.1. The third-order valence-corrected chi connectivity index (χ3v) is 3.24. The summed E-state index contributed by atoms with van der Waals surface area (Å²) >= 11 is 0. The van der Waals surface area contributed by atoms with Crippen LogP contribution in [0.2, 0.25) is 0 Å². The number of nitrogens with zero attached hydrogens (tertiary/aromatic N) is 2. The maximum Gasteiger partial charge on any atom is 0.132 e. The van der Waals surface area contributed by atoms with Gasteiger partial charge in [0.25, 0.3) is 0 Å². The summed E-state index contributed by atoms with van der Waals surface area (Å²) in [6.45, 7) is 1.03. The molecule has 92 valence electrons. The van der Waals surface area contributed by atoms with Crippen LogP contribution in [0.4, 0.5) is 4.39 Å². The van der Waals surface area contributed by atoms with Crippen LogP contribution in [-0.2, 0) is 0 Å². The van der Waals surface area contributed by atoms with E-state index in [-0.39, 0.29) is 5.82 Å². The molecule has 1 saturated heterocycles. The van der Waals surface area contributed by atoms with Crippen LogP contribution in [0.5, 0.6) is 0 Å². The number of hydrogen-bond donors (Lipinski definition) is 1. The number of benzene rings is 1. The molecule has 0 bridgehead atoms. The van der Waals surface area contributed by atoms with Crippen molar-refractivity contribution in [1.29, 1.82) is 0 Å². The molecule has 3 rings (SSSR count). The minimum absolute atomic E-state index is 0.265. The van der Waals surface area contributed by atoms with Crippen molar-refractivity contribution < 1.29 is 4.39 Å². The highest BCUT2D eigenvalue weighted by Crippen LogP contribution is 2.23. The van der Waals surface area contributed by atoms with Gasteiger partial charge in [-0.1, -0.05) is 12.1 Å². The zero-order valence-corrected chi connectivity index (χ0v) is 9.94. The van der Waals surface area contributed by atoms with Gasteiger partial charge in [-0.05, 0) is 31.5 Å². The topological polar surface area (TPSA) is 37.8 Å².